The number of carbonyl (C=O) groups is 2. The van der Waals surface area contributed by atoms with Crippen LogP contribution in [0.25, 0.3) is 0 Å². The third kappa shape index (κ3) is 6.75. The van der Waals surface area contributed by atoms with Crippen molar-refractivity contribution in [2.24, 2.45) is 0 Å². The van der Waals surface area contributed by atoms with E-state index in [0.29, 0.717) is 40.1 Å². The number of rotatable bonds is 10. The van der Waals surface area contributed by atoms with Crippen LogP contribution >= 0.6 is 23.2 Å². The van der Waals surface area contributed by atoms with E-state index in [1.54, 1.807) is 78.6 Å². The first-order valence-corrected chi connectivity index (χ1v) is 11.9. The third-order valence-electron chi connectivity index (χ3n) is 5.15. The largest absolute Gasteiger partial charge is 0.494 e. The predicted molar refractivity (Wildman–Crippen MR) is 136 cm³/mol. The number of amides is 1. The molecule has 3 aromatic rings. The van der Waals surface area contributed by atoms with Crippen molar-refractivity contribution < 1.29 is 19.1 Å². The monoisotopic (exact) mass is 499 g/mol. The lowest BCUT2D eigenvalue weighted by Crippen LogP contribution is -2.30. The number of carbonyl (C=O) groups excluding carboxylic acids is 2. The second-order valence-electron chi connectivity index (χ2n) is 7.62. The van der Waals surface area contributed by atoms with Crippen molar-refractivity contribution in [3.63, 3.8) is 0 Å². The van der Waals surface area contributed by atoms with Crippen LogP contribution < -0.4 is 9.64 Å². The van der Waals surface area contributed by atoms with E-state index in [-0.39, 0.29) is 12.5 Å². The average Bonchev–Trinajstić information content (AvgIpc) is 2.84. The topological polar surface area (TPSA) is 55.8 Å². The van der Waals surface area contributed by atoms with E-state index in [4.69, 9.17) is 32.7 Å². The van der Waals surface area contributed by atoms with Gasteiger partial charge in [0.05, 0.1) is 25.3 Å². The van der Waals surface area contributed by atoms with Crippen LogP contribution in [0.2, 0.25) is 10.0 Å². The minimum Gasteiger partial charge on any atom is -0.494 e. The smallest absolute Gasteiger partial charge is 0.338 e. The first kappa shape index (κ1) is 25.6. The Kier molecular flexibility index (Phi) is 9.37. The summed E-state index contributed by atoms with van der Waals surface area (Å²) < 4.78 is 10.8. The molecule has 1 amide bonds. The first-order valence-electron chi connectivity index (χ1n) is 11.2. The summed E-state index contributed by atoms with van der Waals surface area (Å²) in [5.41, 5.74) is 2.28. The Labute approximate surface area is 210 Å². The third-order valence-corrected chi connectivity index (χ3v) is 5.73. The Balaban J connectivity index is 1.89. The number of ether oxygens (including phenoxy) is 2. The molecule has 3 aromatic carbocycles. The molecule has 34 heavy (non-hydrogen) atoms. The van der Waals surface area contributed by atoms with Gasteiger partial charge in [0.15, 0.2) is 0 Å². The highest BCUT2D eigenvalue weighted by Gasteiger charge is 2.20. The molecule has 0 aliphatic heterocycles. The molecule has 0 bridgehead atoms. The number of hydrogen-bond acceptors (Lipinski definition) is 4. The van der Waals surface area contributed by atoms with Crippen molar-refractivity contribution in [3.05, 3.63) is 93.5 Å². The van der Waals surface area contributed by atoms with Gasteiger partial charge in [0.1, 0.15) is 5.75 Å². The fourth-order valence-corrected chi connectivity index (χ4v) is 3.74. The molecule has 0 fully saturated rings. The van der Waals surface area contributed by atoms with Crippen molar-refractivity contribution in [2.45, 2.75) is 33.2 Å². The van der Waals surface area contributed by atoms with Crippen LogP contribution in [0.4, 0.5) is 5.69 Å². The van der Waals surface area contributed by atoms with Gasteiger partial charge in [-0.15, -0.1) is 0 Å². The fraction of sp³-hybridized carbons (Fsp3) is 0.259. The van der Waals surface area contributed by atoms with Crippen LogP contribution in [-0.4, -0.2) is 25.1 Å². The maximum Gasteiger partial charge on any atom is 0.338 e. The Bertz CT molecular complexity index is 1110. The van der Waals surface area contributed by atoms with Crippen LogP contribution in [-0.2, 0) is 11.3 Å². The van der Waals surface area contributed by atoms with Crippen molar-refractivity contribution >= 4 is 40.8 Å². The van der Waals surface area contributed by atoms with Gasteiger partial charge in [0.25, 0.3) is 5.91 Å². The fourth-order valence-electron chi connectivity index (χ4n) is 3.28. The van der Waals surface area contributed by atoms with Crippen LogP contribution in [0.1, 0.15) is 53.0 Å². The molecule has 0 heterocycles. The first-order chi connectivity index (χ1) is 16.4. The maximum absolute atomic E-state index is 13.5. The molecule has 0 N–H and O–H groups in total. The summed E-state index contributed by atoms with van der Waals surface area (Å²) in [5.74, 6) is 0.0948. The number of hydrogen-bond donors (Lipinski definition) is 0. The van der Waals surface area contributed by atoms with Gasteiger partial charge in [-0.2, -0.15) is 0 Å². The molecule has 0 aliphatic carbocycles. The standard InChI is InChI=1S/C27H27Cl2NO4/c1-3-5-16-34-24-14-9-19(10-15-24)26(31)30(18-21-6-11-22(28)17-25(21)29)23-12-7-20(8-13-23)27(32)33-4-2/h6-15,17H,3-5,16,18H2,1-2H3. The normalized spacial score (nSPS) is 10.6. The SMILES string of the molecule is CCCCOc1ccc(C(=O)N(Cc2ccc(Cl)cc2Cl)c2ccc(C(=O)OCC)cc2)cc1. The second kappa shape index (κ2) is 12.4. The lowest BCUT2D eigenvalue weighted by molar-refractivity contribution is 0.0526. The van der Waals surface area contributed by atoms with Crippen molar-refractivity contribution in [1.82, 2.24) is 0 Å². The molecule has 0 radical (unpaired) electrons. The zero-order valence-electron chi connectivity index (χ0n) is 19.2. The van der Waals surface area contributed by atoms with E-state index in [1.807, 2.05) is 0 Å². The molecule has 7 heteroatoms. The van der Waals surface area contributed by atoms with Gasteiger partial charge in [0.2, 0.25) is 0 Å². The number of nitrogens with zero attached hydrogens (tertiary/aromatic N) is 1. The van der Waals surface area contributed by atoms with Gasteiger partial charge < -0.3 is 14.4 Å². The quantitative estimate of drug-likeness (QED) is 0.218. The Morgan fingerprint density at radius 1 is 0.882 bits per heavy atom. The molecule has 0 aliphatic rings. The number of esters is 1. The highest BCUT2D eigenvalue weighted by Crippen LogP contribution is 2.27. The molecule has 0 aromatic heterocycles. The van der Waals surface area contributed by atoms with E-state index >= 15 is 0 Å². The van der Waals surface area contributed by atoms with Gasteiger partial charge in [-0.05, 0) is 79.6 Å². The maximum atomic E-state index is 13.5. The Morgan fingerprint density at radius 3 is 2.18 bits per heavy atom. The van der Waals surface area contributed by atoms with E-state index in [1.165, 1.54) is 0 Å². The molecule has 0 atom stereocenters. The van der Waals surface area contributed by atoms with Crippen LogP contribution in [0.3, 0.4) is 0 Å². The number of unbranched alkanes of at least 4 members (excludes halogenated alkanes) is 1. The molecule has 5 nitrogen and oxygen atoms in total. The van der Waals surface area contributed by atoms with Gasteiger partial charge in [0, 0.05) is 21.3 Å². The lowest BCUT2D eigenvalue weighted by Gasteiger charge is -2.24. The average molecular weight is 500 g/mol. The summed E-state index contributed by atoms with van der Waals surface area (Å²) in [7, 11) is 0. The molecule has 0 spiro atoms. The Hall–Kier alpha value is -3.02. The summed E-state index contributed by atoms with van der Waals surface area (Å²) >= 11 is 12.4. The molecule has 0 saturated heterocycles. The number of anilines is 1. The van der Waals surface area contributed by atoms with E-state index in [9.17, 15) is 9.59 Å². The van der Waals surface area contributed by atoms with Crippen molar-refractivity contribution in [3.8, 4) is 5.75 Å². The minimum absolute atomic E-state index is 0.213. The molecular formula is C27H27Cl2NO4. The van der Waals surface area contributed by atoms with E-state index in [2.05, 4.69) is 6.92 Å². The van der Waals surface area contributed by atoms with Crippen LogP contribution in [0.15, 0.2) is 66.7 Å². The zero-order chi connectivity index (χ0) is 24.5. The van der Waals surface area contributed by atoms with Gasteiger partial charge in [-0.25, -0.2) is 4.79 Å². The zero-order valence-corrected chi connectivity index (χ0v) is 20.7. The van der Waals surface area contributed by atoms with E-state index < -0.39 is 5.97 Å². The van der Waals surface area contributed by atoms with Crippen molar-refractivity contribution in [2.75, 3.05) is 18.1 Å². The van der Waals surface area contributed by atoms with Crippen LogP contribution in [0, 0.1) is 0 Å². The van der Waals surface area contributed by atoms with E-state index in [0.717, 1.165) is 24.2 Å². The number of halogens is 2. The summed E-state index contributed by atoms with van der Waals surface area (Å²) in [5, 5.41) is 0.984. The minimum atomic E-state index is -0.411. The molecule has 3 rings (SSSR count). The van der Waals surface area contributed by atoms with Crippen molar-refractivity contribution in [1.29, 1.82) is 0 Å². The second-order valence-corrected chi connectivity index (χ2v) is 8.46. The summed E-state index contributed by atoms with van der Waals surface area (Å²) in [6, 6.07) is 19.0. The Morgan fingerprint density at radius 2 is 1.56 bits per heavy atom. The van der Waals surface area contributed by atoms with Crippen LogP contribution in [0.5, 0.6) is 5.75 Å². The number of benzene rings is 3. The summed E-state index contributed by atoms with van der Waals surface area (Å²) in [6.45, 7) is 5.01. The highest BCUT2D eigenvalue weighted by molar-refractivity contribution is 6.35. The molecule has 0 unspecified atom stereocenters. The summed E-state index contributed by atoms with van der Waals surface area (Å²) in [4.78, 5) is 27.2. The van der Waals surface area contributed by atoms with Gasteiger partial charge in [-0.3, -0.25) is 4.79 Å². The van der Waals surface area contributed by atoms with Gasteiger partial charge >= 0.3 is 5.97 Å². The van der Waals surface area contributed by atoms with Gasteiger partial charge in [-0.1, -0.05) is 42.6 Å². The lowest BCUT2D eigenvalue weighted by atomic mass is 10.1. The summed E-state index contributed by atoms with van der Waals surface area (Å²) in [6.07, 6.45) is 2.02. The molecule has 0 saturated carbocycles. The predicted octanol–water partition coefficient (Wildman–Crippen LogP) is 7.20. The molecule has 178 valence electrons. The highest BCUT2D eigenvalue weighted by atomic mass is 35.5. The molecular weight excluding hydrogens is 473 g/mol.